The first-order valence-electron chi connectivity index (χ1n) is 10.1. The third-order valence-electron chi connectivity index (χ3n) is 6.51. The second-order valence-electron chi connectivity index (χ2n) is 8.08. The number of nitrogens with one attached hydrogen (secondary N) is 2. The van der Waals surface area contributed by atoms with Crippen molar-refractivity contribution >= 4 is 29.9 Å². The first-order valence-corrected chi connectivity index (χ1v) is 10.1. The van der Waals surface area contributed by atoms with E-state index in [2.05, 4.69) is 10.6 Å². The van der Waals surface area contributed by atoms with Crippen molar-refractivity contribution in [2.75, 3.05) is 24.5 Å². The van der Waals surface area contributed by atoms with E-state index >= 15 is 0 Å². The van der Waals surface area contributed by atoms with Crippen molar-refractivity contribution in [1.82, 2.24) is 10.6 Å². The SMILES string of the molecule is Cl.O=C1CCCCN1c1ccc(CNC(=O)[C@@]23CCCC[C@H]2CNC3)cc1. The third-order valence-corrected chi connectivity index (χ3v) is 6.51. The molecule has 0 radical (unpaired) electrons. The lowest BCUT2D eigenvalue weighted by molar-refractivity contribution is -0.134. The van der Waals surface area contributed by atoms with Gasteiger partial charge in [-0.15, -0.1) is 12.4 Å². The van der Waals surface area contributed by atoms with Crippen LogP contribution in [0.15, 0.2) is 24.3 Å². The summed E-state index contributed by atoms with van der Waals surface area (Å²) in [5.41, 5.74) is 1.86. The largest absolute Gasteiger partial charge is 0.351 e. The lowest BCUT2D eigenvalue weighted by Crippen LogP contribution is -2.47. The Morgan fingerprint density at radius 3 is 2.78 bits per heavy atom. The van der Waals surface area contributed by atoms with E-state index in [1.54, 1.807) is 0 Å². The Hall–Kier alpha value is -1.59. The summed E-state index contributed by atoms with van der Waals surface area (Å²) in [5.74, 6) is 0.916. The molecule has 0 bridgehead atoms. The predicted octanol–water partition coefficient (Wildman–Crippen LogP) is 3.02. The van der Waals surface area contributed by atoms with E-state index in [0.717, 1.165) is 56.6 Å². The Kier molecular flexibility index (Phi) is 6.43. The summed E-state index contributed by atoms with van der Waals surface area (Å²) < 4.78 is 0. The number of fused-ring (bicyclic) bond motifs is 1. The van der Waals surface area contributed by atoms with Crippen molar-refractivity contribution in [2.45, 2.75) is 51.5 Å². The van der Waals surface area contributed by atoms with Gasteiger partial charge in [0.25, 0.3) is 0 Å². The van der Waals surface area contributed by atoms with Crippen LogP contribution in [0.2, 0.25) is 0 Å². The number of piperidine rings is 1. The van der Waals surface area contributed by atoms with E-state index in [9.17, 15) is 9.59 Å². The monoisotopic (exact) mass is 391 g/mol. The van der Waals surface area contributed by atoms with Gasteiger partial charge in [-0.05, 0) is 55.8 Å². The Bertz CT molecular complexity index is 679. The smallest absolute Gasteiger partial charge is 0.228 e. The Morgan fingerprint density at radius 2 is 2.00 bits per heavy atom. The molecule has 3 aliphatic rings. The number of carbonyl (C=O) groups excluding carboxylic acids is 2. The van der Waals surface area contributed by atoms with Crippen LogP contribution in [0, 0.1) is 11.3 Å². The zero-order valence-corrected chi connectivity index (χ0v) is 16.7. The molecule has 148 valence electrons. The molecular formula is C21H30ClN3O2. The third kappa shape index (κ3) is 3.99. The van der Waals surface area contributed by atoms with Gasteiger partial charge in [0.1, 0.15) is 0 Å². The standard InChI is InChI=1S/C21H29N3O2.ClH/c25-19-6-2-4-12-24(19)18-9-7-16(8-10-18)13-23-20(26)21-11-3-1-5-17(21)14-22-15-21;/h7-10,17,22H,1-6,11-15H2,(H,23,26);1H/t17-,21+;/m0./s1. The van der Waals surface area contributed by atoms with Crippen LogP contribution >= 0.6 is 12.4 Å². The molecule has 2 saturated heterocycles. The average molecular weight is 392 g/mol. The summed E-state index contributed by atoms with van der Waals surface area (Å²) in [5, 5.41) is 6.61. The molecule has 6 heteroatoms. The van der Waals surface area contributed by atoms with E-state index in [0.29, 0.717) is 18.9 Å². The molecule has 1 saturated carbocycles. The second-order valence-corrected chi connectivity index (χ2v) is 8.08. The zero-order chi connectivity index (χ0) is 18.0. The van der Waals surface area contributed by atoms with E-state index in [4.69, 9.17) is 0 Å². The van der Waals surface area contributed by atoms with Crippen LogP contribution in [0.25, 0.3) is 0 Å². The first kappa shape index (κ1) is 20.2. The van der Waals surface area contributed by atoms with Crippen LogP contribution in [-0.4, -0.2) is 31.4 Å². The summed E-state index contributed by atoms with van der Waals surface area (Å²) in [6.07, 6.45) is 7.29. The van der Waals surface area contributed by atoms with Crippen LogP contribution in [0.1, 0.15) is 50.5 Å². The van der Waals surface area contributed by atoms with Crippen LogP contribution in [0.3, 0.4) is 0 Å². The number of hydrogen-bond donors (Lipinski definition) is 2. The number of hydrogen-bond acceptors (Lipinski definition) is 3. The maximum atomic E-state index is 12.9. The van der Waals surface area contributed by atoms with Gasteiger partial charge in [-0.25, -0.2) is 0 Å². The van der Waals surface area contributed by atoms with Crippen molar-refractivity contribution in [2.24, 2.45) is 11.3 Å². The molecule has 1 aromatic carbocycles. The van der Waals surface area contributed by atoms with Crippen molar-refractivity contribution in [3.8, 4) is 0 Å². The van der Waals surface area contributed by atoms with E-state index in [1.807, 2.05) is 29.2 Å². The van der Waals surface area contributed by atoms with Crippen molar-refractivity contribution < 1.29 is 9.59 Å². The summed E-state index contributed by atoms with van der Waals surface area (Å²) in [4.78, 5) is 26.8. The molecule has 0 spiro atoms. The molecule has 2 N–H and O–H groups in total. The molecule has 5 nitrogen and oxygen atoms in total. The van der Waals surface area contributed by atoms with Crippen LogP contribution in [0.5, 0.6) is 0 Å². The van der Waals surface area contributed by atoms with Gasteiger partial charge in [-0.2, -0.15) is 0 Å². The first-order chi connectivity index (χ1) is 12.7. The maximum absolute atomic E-state index is 12.9. The highest BCUT2D eigenvalue weighted by molar-refractivity contribution is 5.94. The number of rotatable bonds is 4. The summed E-state index contributed by atoms with van der Waals surface area (Å²) >= 11 is 0. The number of anilines is 1. The van der Waals surface area contributed by atoms with Crippen LogP contribution in [-0.2, 0) is 16.1 Å². The number of amides is 2. The van der Waals surface area contributed by atoms with Crippen LogP contribution < -0.4 is 15.5 Å². The molecule has 0 unspecified atom stereocenters. The Morgan fingerprint density at radius 1 is 1.19 bits per heavy atom. The molecule has 27 heavy (non-hydrogen) atoms. The van der Waals surface area contributed by atoms with Crippen molar-refractivity contribution in [3.05, 3.63) is 29.8 Å². The van der Waals surface area contributed by atoms with Gasteiger partial charge in [0.15, 0.2) is 0 Å². The van der Waals surface area contributed by atoms with Gasteiger partial charge in [0.2, 0.25) is 11.8 Å². The molecule has 2 amide bonds. The molecule has 2 heterocycles. The van der Waals surface area contributed by atoms with Gasteiger partial charge in [-0.3, -0.25) is 9.59 Å². The quantitative estimate of drug-likeness (QED) is 0.829. The average Bonchev–Trinajstić information content (AvgIpc) is 3.12. The van der Waals surface area contributed by atoms with E-state index in [1.165, 1.54) is 12.8 Å². The number of carbonyl (C=O) groups is 2. The van der Waals surface area contributed by atoms with E-state index < -0.39 is 0 Å². The summed E-state index contributed by atoms with van der Waals surface area (Å²) in [6.45, 7) is 3.17. The highest BCUT2D eigenvalue weighted by Crippen LogP contribution is 2.43. The minimum absolute atomic E-state index is 0. The molecule has 2 atom stereocenters. The van der Waals surface area contributed by atoms with Gasteiger partial charge in [-0.1, -0.05) is 25.0 Å². The molecule has 0 aromatic heterocycles. The zero-order valence-electron chi connectivity index (χ0n) is 15.8. The second kappa shape index (κ2) is 8.61. The van der Waals surface area contributed by atoms with Crippen molar-refractivity contribution in [3.63, 3.8) is 0 Å². The predicted molar refractivity (Wildman–Crippen MR) is 109 cm³/mol. The lowest BCUT2D eigenvalue weighted by atomic mass is 9.67. The fourth-order valence-corrected chi connectivity index (χ4v) is 4.92. The normalized spacial score (nSPS) is 27.6. The number of benzene rings is 1. The van der Waals surface area contributed by atoms with Gasteiger partial charge in [0, 0.05) is 31.7 Å². The molecule has 4 rings (SSSR count). The fraction of sp³-hybridized carbons (Fsp3) is 0.619. The topological polar surface area (TPSA) is 61.4 Å². The number of halogens is 1. The Labute approximate surface area is 167 Å². The van der Waals surface area contributed by atoms with Gasteiger partial charge in [0.05, 0.1) is 5.41 Å². The van der Waals surface area contributed by atoms with Crippen LogP contribution in [0.4, 0.5) is 5.69 Å². The molecule has 1 aromatic rings. The molecule has 1 aliphatic carbocycles. The van der Waals surface area contributed by atoms with Gasteiger partial charge < -0.3 is 15.5 Å². The molecule has 3 fully saturated rings. The number of nitrogens with zero attached hydrogens (tertiary/aromatic N) is 1. The molecular weight excluding hydrogens is 362 g/mol. The van der Waals surface area contributed by atoms with Crippen molar-refractivity contribution in [1.29, 1.82) is 0 Å². The molecule has 2 aliphatic heterocycles. The fourth-order valence-electron chi connectivity index (χ4n) is 4.92. The van der Waals surface area contributed by atoms with Gasteiger partial charge >= 0.3 is 0 Å². The highest BCUT2D eigenvalue weighted by atomic mass is 35.5. The summed E-state index contributed by atoms with van der Waals surface area (Å²) in [7, 11) is 0. The minimum Gasteiger partial charge on any atom is -0.351 e. The highest BCUT2D eigenvalue weighted by Gasteiger charge is 2.49. The maximum Gasteiger partial charge on any atom is 0.228 e. The van der Waals surface area contributed by atoms with E-state index in [-0.39, 0.29) is 29.6 Å². The summed E-state index contributed by atoms with van der Waals surface area (Å²) in [6, 6.07) is 8.06. The lowest BCUT2D eigenvalue weighted by Gasteiger charge is -2.37. The minimum atomic E-state index is -0.196. The Balaban J connectivity index is 0.00000210.